The van der Waals surface area contributed by atoms with Gasteiger partial charge in [-0.2, -0.15) is 5.10 Å². The van der Waals surface area contributed by atoms with Gasteiger partial charge >= 0.3 is 0 Å². The predicted octanol–water partition coefficient (Wildman–Crippen LogP) is 2.79. The molecule has 10 heteroatoms. The van der Waals surface area contributed by atoms with Crippen LogP contribution in [0.15, 0.2) is 66.0 Å². The third-order valence-electron chi connectivity index (χ3n) is 5.21. The standard InChI is InChI=1S/C23H22N8O2/c1-15-26-20(12-21(27-15)31-10-2-9-25-31)28-17-5-7-18(8-6-17)29-22(32)13-30-14-24-19(11-23(30)33)16-3-4-16/h2,5-12,14,16H,3-4,13H2,1H3,(H,29,32)(H,26,27,28). The molecule has 0 saturated heterocycles. The molecule has 0 unspecified atom stereocenters. The fraction of sp³-hybridized carbons (Fsp3) is 0.217. The third kappa shape index (κ3) is 4.95. The molecule has 33 heavy (non-hydrogen) atoms. The van der Waals surface area contributed by atoms with Crippen molar-refractivity contribution in [2.45, 2.75) is 32.2 Å². The van der Waals surface area contributed by atoms with Gasteiger partial charge in [-0.1, -0.05) is 0 Å². The van der Waals surface area contributed by atoms with E-state index in [1.807, 2.05) is 31.3 Å². The van der Waals surface area contributed by atoms with Gasteiger partial charge in [0.2, 0.25) is 5.91 Å². The van der Waals surface area contributed by atoms with Crippen LogP contribution in [0.5, 0.6) is 0 Å². The number of anilines is 3. The Morgan fingerprint density at radius 2 is 1.91 bits per heavy atom. The van der Waals surface area contributed by atoms with Gasteiger partial charge in [-0.05, 0) is 50.1 Å². The van der Waals surface area contributed by atoms with Crippen molar-refractivity contribution in [2.75, 3.05) is 10.6 Å². The fourth-order valence-corrected chi connectivity index (χ4v) is 3.44. The first-order chi connectivity index (χ1) is 16.0. The number of benzene rings is 1. The largest absolute Gasteiger partial charge is 0.340 e. The number of nitrogens with zero attached hydrogens (tertiary/aromatic N) is 6. The second-order valence-electron chi connectivity index (χ2n) is 7.91. The maximum atomic E-state index is 12.4. The van der Waals surface area contributed by atoms with Gasteiger partial charge in [0.15, 0.2) is 5.82 Å². The second kappa shape index (κ2) is 8.65. The summed E-state index contributed by atoms with van der Waals surface area (Å²) in [4.78, 5) is 37.7. The van der Waals surface area contributed by atoms with Crippen molar-refractivity contribution in [3.63, 3.8) is 0 Å². The summed E-state index contributed by atoms with van der Waals surface area (Å²) in [5.74, 6) is 2.01. The van der Waals surface area contributed by atoms with E-state index in [-0.39, 0.29) is 18.0 Å². The number of rotatable bonds is 7. The number of aromatic nitrogens is 6. The number of aryl methyl sites for hydroxylation is 1. The molecule has 0 spiro atoms. The van der Waals surface area contributed by atoms with Gasteiger partial charge in [-0.15, -0.1) is 0 Å². The Morgan fingerprint density at radius 1 is 1.12 bits per heavy atom. The zero-order valence-electron chi connectivity index (χ0n) is 18.0. The maximum Gasteiger partial charge on any atom is 0.254 e. The van der Waals surface area contributed by atoms with Gasteiger partial charge in [0.05, 0.1) is 12.0 Å². The van der Waals surface area contributed by atoms with E-state index in [0.717, 1.165) is 24.2 Å². The van der Waals surface area contributed by atoms with Gasteiger partial charge in [0.1, 0.15) is 18.2 Å². The van der Waals surface area contributed by atoms with Gasteiger partial charge in [0.25, 0.3) is 5.56 Å². The molecule has 10 nitrogen and oxygen atoms in total. The molecule has 5 rings (SSSR count). The first-order valence-electron chi connectivity index (χ1n) is 10.6. The molecule has 0 bridgehead atoms. The molecule has 166 valence electrons. The third-order valence-corrected chi connectivity index (χ3v) is 5.21. The molecule has 3 aromatic heterocycles. The summed E-state index contributed by atoms with van der Waals surface area (Å²) >= 11 is 0. The molecule has 0 atom stereocenters. The van der Waals surface area contributed by atoms with Crippen molar-refractivity contribution in [1.82, 2.24) is 29.3 Å². The predicted molar refractivity (Wildman–Crippen MR) is 123 cm³/mol. The van der Waals surface area contributed by atoms with Crippen molar-refractivity contribution in [3.05, 3.63) is 83.1 Å². The summed E-state index contributed by atoms with van der Waals surface area (Å²) in [6, 6.07) is 12.4. The van der Waals surface area contributed by atoms with Crippen LogP contribution in [0.2, 0.25) is 0 Å². The van der Waals surface area contributed by atoms with E-state index in [1.54, 1.807) is 29.1 Å². The van der Waals surface area contributed by atoms with E-state index in [4.69, 9.17) is 0 Å². The van der Waals surface area contributed by atoms with E-state index >= 15 is 0 Å². The second-order valence-corrected chi connectivity index (χ2v) is 7.91. The maximum absolute atomic E-state index is 12.4. The summed E-state index contributed by atoms with van der Waals surface area (Å²) in [7, 11) is 0. The van der Waals surface area contributed by atoms with Crippen LogP contribution in [-0.2, 0) is 11.3 Å². The highest BCUT2D eigenvalue weighted by molar-refractivity contribution is 5.90. The summed E-state index contributed by atoms with van der Waals surface area (Å²) < 4.78 is 2.98. The van der Waals surface area contributed by atoms with E-state index in [0.29, 0.717) is 29.1 Å². The van der Waals surface area contributed by atoms with Crippen LogP contribution >= 0.6 is 0 Å². The van der Waals surface area contributed by atoms with Crippen molar-refractivity contribution in [3.8, 4) is 5.82 Å². The van der Waals surface area contributed by atoms with Crippen molar-refractivity contribution >= 4 is 23.1 Å². The molecule has 1 aliphatic rings. The normalized spacial score (nSPS) is 13.0. The average molecular weight is 442 g/mol. The van der Waals surface area contributed by atoms with Gasteiger partial charge in [0, 0.05) is 41.8 Å². The Bertz CT molecular complexity index is 1340. The zero-order chi connectivity index (χ0) is 22.8. The summed E-state index contributed by atoms with van der Waals surface area (Å²) in [6.07, 6.45) is 7.10. The molecule has 1 aromatic carbocycles. The Balaban J connectivity index is 1.22. The van der Waals surface area contributed by atoms with Crippen LogP contribution in [0.25, 0.3) is 5.82 Å². The summed E-state index contributed by atoms with van der Waals surface area (Å²) in [5, 5.41) is 10.2. The minimum absolute atomic E-state index is 0.0901. The van der Waals surface area contributed by atoms with Crippen LogP contribution in [-0.4, -0.2) is 35.2 Å². The van der Waals surface area contributed by atoms with Crippen LogP contribution < -0.4 is 16.2 Å². The zero-order valence-corrected chi connectivity index (χ0v) is 18.0. The number of hydrogen-bond acceptors (Lipinski definition) is 7. The first-order valence-corrected chi connectivity index (χ1v) is 10.6. The monoisotopic (exact) mass is 442 g/mol. The minimum atomic E-state index is -0.297. The Hall–Kier alpha value is -4.34. The van der Waals surface area contributed by atoms with E-state index in [9.17, 15) is 9.59 Å². The molecule has 1 amide bonds. The van der Waals surface area contributed by atoms with Crippen LogP contribution in [0.1, 0.15) is 30.3 Å². The lowest BCUT2D eigenvalue weighted by Gasteiger charge is -2.10. The minimum Gasteiger partial charge on any atom is -0.340 e. The lowest BCUT2D eigenvalue weighted by Crippen LogP contribution is -2.27. The molecular formula is C23H22N8O2. The molecule has 1 aliphatic carbocycles. The van der Waals surface area contributed by atoms with Crippen LogP contribution in [0.4, 0.5) is 17.2 Å². The quantitative estimate of drug-likeness (QED) is 0.452. The number of carbonyl (C=O) groups excluding carboxylic acids is 1. The van der Waals surface area contributed by atoms with Gasteiger partial charge in [-0.3, -0.25) is 14.2 Å². The summed E-state index contributed by atoms with van der Waals surface area (Å²) in [6.45, 7) is 1.73. The SMILES string of the molecule is Cc1nc(Nc2ccc(NC(=O)Cn3cnc(C4CC4)cc3=O)cc2)cc(-n2cccn2)n1. The number of carbonyl (C=O) groups is 1. The molecule has 0 radical (unpaired) electrons. The Kier molecular flexibility index (Phi) is 5.39. The summed E-state index contributed by atoms with van der Waals surface area (Å²) in [5.41, 5.74) is 2.03. The smallest absolute Gasteiger partial charge is 0.254 e. The van der Waals surface area contributed by atoms with Crippen molar-refractivity contribution in [2.24, 2.45) is 0 Å². The first kappa shape index (κ1) is 20.6. The molecule has 0 aliphatic heterocycles. The topological polar surface area (TPSA) is 120 Å². The molecule has 4 aromatic rings. The van der Waals surface area contributed by atoms with Crippen molar-refractivity contribution < 1.29 is 4.79 Å². The van der Waals surface area contributed by atoms with Crippen LogP contribution in [0, 0.1) is 6.92 Å². The molecular weight excluding hydrogens is 420 g/mol. The highest BCUT2D eigenvalue weighted by Crippen LogP contribution is 2.38. The van der Waals surface area contributed by atoms with Crippen molar-refractivity contribution in [1.29, 1.82) is 0 Å². The number of hydrogen-bond donors (Lipinski definition) is 2. The van der Waals surface area contributed by atoms with E-state index in [1.165, 1.54) is 17.0 Å². The molecule has 1 saturated carbocycles. The molecule has 1 fully saturated rings. The lowest BCUT2D eigenvalue weighted by atomic mass is 10.2. The Morgan fingerprint density at radius 3 is 2.61 bits per heavy atom. The molecule has 2 N–H and O–H groups in total. The molecule has 3 heterocycles. The van der Waals surface area contributed by atoms with Gasteiger partial charge in [-0.25, -0.2) is 19.6 Å². The lowest BCUT2D eigenvalue weighted by molar-refractivity contribution is -0.116. The Labute approximate surface area is 189 Å². The van der Waals surface area contributed by atoms with Gasteiger partial charge < -0.3 is 10.6 Å². The van der Waals surface area contributed by atoms with E-state index in [2.05, 4.69) is 30.7 Å². The van der Waals surface area contributed by atoms with E-state index < -0.39 is 0 Å². The fourth-order valence-electron chi connectivity index (χ4n) is 3.44. The average Bonchev–Trinajstić information content (AvgIpc) is 3.49. The van der Waals surface area contributed by atoms with Crippen LogP contribution in [0.3, 0.4) is 0 Å². The number of nitrogens with one attached hydrogen (secondary N) is 2. The highest BCUT2D eigenvalue weighted by atomic mass is 16.2. The number of amides is 1. The highest BCUT2D eigenvalue weighted by Gasteiger charge is 2.25.